The second-order valence-electron chi connectivity index (χ2n) is 6.29. The molecule has 0 bridgehead atoms. The van der Waals surface area contributed by atoms with E-state index in [9.17, 15) is 10.1 Å². The summed E-state index contributed by atoms with van der Waals surface area (Å²) in [6.07, 6.45) is 0. The first-order chi connectivity index (χ1) is 15.0. The lowest BCUT2D eigenvalue weighted by Gasteiger charge is -2.10. The van der Waals surface area contributed by atoms with Crippen molar-refractivity contribution in [2.75, 3.05) is 25.3 Å². The van der Waals surface area contributed by atoms with Crippen molar-refractivity contribution in [1.29, 1.82) is 5.26 Å². The van der Waals surface area contributed by atoms with E-state index in [1.807, 2.05) is 29.7 Å². The van der Waals surface area contributed by atoms with E-state index in [2.05, 4.69) is 15.5 Å². The number of benzene rings is 2. The largest absolute Gasteiger partial charge is 0.497 e. The van der Waals surface area contributed by atoms with E-state index in [0.717, 1.165) is 5.56 Å². The van der Waals surface area contributed by atoms with E-state index in [4.69, 9.17) is 21.1 Å². The molecule has 1 heterocycles. The number of nitrogens with zero attached hydrogens (tertiary/aromatic N) is 4. The van der Waals surface area contributed by atoms with E-state index in [1.54, 1.807) is 38.5 Å². The number of hydrogen-bond acceptors (Lipinski definition) is 7. The number of rotatable bonds is 8. The average molecular weight is 458 g/mol. The van der Waals surface area contributed by atoms with Gasteiger partial charge >= 0.3 is 0 Å². The Bertz CT molecular complexity index is 1120. The summed E-state index contributed by atoms with van der Waals surface area (Å²) in [7, 11) is 3.17. The van der Waals surface area contributed by atoms with Gasteiger partial charge in [0.25, 0.3) is 0 Å². The van der Waals surface area contributed by atoms with E-state index in [1.165, 1.54) is 11.8 Å². The van der Waals surface area contributed by atoms with Gasteiger partial charge in [0.1, 0.15) is 17.6 Å². The second-order valence-corrected chi connectivity index (χ2v) is 7.67. The van der Waals surface area contributed by atoms with Crippen molar-refractivity contribution in [3.63, 3.8) is 0 Å². The van der Waals surface area contributed by atoms with Crippen LogP contribution in [0.5, 0.6) is 11.5 Å². The number of hydrogen-bond donors (Lipinski definition) is 1. The second kappa shape index (κ2) is 10.2. The Hall–Kier alpha value is -3.22. The molecule has 0 spiro atoms. The van der Waals surface area contributed by atoms with Gasteiger partial charge in [-0.1, -0.05) is 23.4 Å². The van der Waals surface area contributed by atoms with E-state index in [-0.39, 0.29) is 11.7 Å². The Balaban J connectivity index is 1.77. The number of nitrogens with one attached hydrogen (secondary N) is 1. The van der Waals surface area contributed by atoms with Crippen LogP contribution in [-0.4, -0.2) is 40.6 Å². The number of carbonyl (C=O) groups is 1. The van der Waals surface area contributed by atoms with Crippen LogP contribution in [0.25, 0.3) is 11.4 Å². The smallest absolute Gasteiger partial charge is 0.234 e. The topological polar surface area (TPSA) is 102 Å². The van der Waals surface area contributed by atoms with Gasteiger partial charge < -0.3 is 19.4 Å². The minimum absolute atomic E-state index is 0.0942. The van der Waals surface area contributed by atoms with Crippen molar-refractivity contribution in [1.82, 2.24) is 14.8 Å². The van der Waals surface area contributed by atoms with Crippen molar-refractivity contribution in [3.8, 4) is 29.0 Å². The van der Waals surface area contributed by atoms with Gasteiger partial charge in [-0.05, 0) is 37.3 Å². The van der Waals surface area contributed by atoms with Crippen molar-refractivity contribution in [3.05, 3.63) is 47.0 Å². The van der Waals surface area contributed by atoms with Crippen molar-refractivity contribution >= 4 is 35.0 Å². The fourth-order valence-corrected chi connectivity index (χ4v) is 3.84. The quantitative estimate of drug-likeness (QED) is 0.504. The SMILES string of the molecule is CCn1c(SCC(=O)Nc2cc(Cl)ccc2C#N)nnc1-c1cc(OC)cc(OC)c1. The number of thioether (sulfide) groups is 1. The first-order valence-corrected chi connectivity index (χ1v) is 10.6. The Morgan fingerprint density at radius 1 is 1.19 bits per heavy atom. The van der Waals surface area contributed by atoms with Gasteiger partial charge in [-0.15, -0.1) is 10.2 Å². The summed E-state index contributed by atoms with van der Waals surface area (Å²) < 4.78 is 12.6. The molecule has 0 atom stereocenters. The zero-order valence-electron chi connectivity index (χ0n) is 17.2. The summed E-state index contributed by atoms with van der Waals surface area (Å²) in [5, 5.41) is 21.5. The predicted molar refractivity (Wildman–Crippen MR) is 120 cm³/mol. The van der Waals surface area contributed by atoms with Crippen LogP contribution in [0.4, 0.5) is 5.69 Å². The Morgan fingerprint density at radius 3 is 2.52 bits per heavy atom. The Labute approximate surface area is 189 Å². The molecule has 8 nitrogen and oxygen atoms in total. The predicted octanol–water partition coefficient (Wildman–Crippen LogP) is 4.24. The summed E-state index contributed by atoms with van der Waals surface area (Å²) in [6.45, 7) is 2.58. The molecule has 160 valence electrons. The first kappa shape index (κ1) is 22.5. The summed E-state index contributed by atoms with van der Waals surface area (Å²) in [4.78, 5) is 12.4. The number of amides is 1. The molecule has 0 unspecified atom stereocenters. The highest BCUT2D eigenvalue weighted by Crippen LogP contribution is 2.31. The summed E-state index contributed by atoms with van der Waals surface area (Å²) >= 11 is 7.22. The molecule has 10 heteroatoms. The molecule has 0 saturated carbocycles. The van der Waals surface area contributed by atoms with Crippen LogP contribution in [0, 0.1) is 11.3 Å². The first-order valence-electron chi connectivity index (χ1n) is 9.28. The molecule has 0 aliphatic rings. The number of methoxy groups -OCH3 is 2. The highest BCUT2D eigenvalue weighted by Gasteiger charge is 2.17. The van der Waals surface area contributed by atoms with Crippen LogP contribution in [0.2, 0.25) is 5.02 Å². The summed E-state index contributed by atoms with van der Waals surface area (Å²) in [5.74, 6) is 1.74. The van der Waals surface area contributed by atoms with Gasteiger partial charge in [-0.3, -0.25) is 4.79 Å². The maximum atomic E-state index is 12.4. The third-order valence-electron chi connectivity index (χ3n) is 4.35. The lowest BCUT2D eigenvalue weighted by Crippen LogP contribution is -2.15. The number of ether oxygens (including phenoxy) is 2. The molecule has 3 aromatic rings. The molecule has 3 rings (SSSR count). The van der Waals surface area contributed by atoms with E-state index < -0.39 is 0 Å². The van der Waals surface area contributed by atoms with Gasteiger partial charge in [0.05, 0.1) is 31.2 Å². The molecule has 0 fully saturated rings. The summed E-state index contributed by atoms with van der Waals surface area (Å²) in [6, 6.07) is 12.2. The number of carbonyl (C=O) groups excluding carboxylic acids is 1. The molecule has 1 aromatic heterocycles. The van der Waals surface area contributed by atoms with Gasteiger partial charge in [-0.2, -0.15) is 5.26 Å². The van der Waals surface area contributed by atoms with Gasteiger partial charge in [0.2, 0.25) is 5.91 Å². The zero-order valence-corrected chi connectivity index (χ0v) is 18.8. The van der Waals surface area contributed by atoms with Crippen molar-refractivity contribution in [2.24, 2.45) is 0 Å². The summed E-state index contributed by atoms with van der Waals surface area (Å²) in [5.41, 5.74) is 1.51. The molecule has 0 aliphatic heterocycles. The van der Waals surface area contributed by atoms with Gasteiger partial charge in [-0.25, -0.2) is 0 Å². The highest BCUT2D eigenvalue weighted by molar-refractivity contribution is 7.99. The molecule has 1 amide bonds. The lowest BCUT2D eigenvalue weighted by molar-refractivity contribution is -0.113. The minimum atomic E-state index is -0.279. The molecule has 31 heavy (non-hydrogen) atoms. The van der Waals surface area contributed by atoms with Crippen LogP contribution in [0.15, 0.2) is 41.6 Å². The fourth-order valence-electron chi connectivity index (χ4n) is 2.86. The van der Waals surface area contributed by atoms with Gasteiger partial charge in [0.15, 0.2) is 11.0 Å². The van der Waals surface area contributed by atoms with Crippen LogP contribution in [0.1, 0.15) is 12.5 Å². The Morgan fingerprint density at radius 2 is 1.90 bits per heavy atom. The number of aromatic nitrogens is 3. The van der Waals surface area contributed by atoms with Crippen LogP contribution < -0.4 is 14.8 Å². The molecule has 0 radical (unpaired) electrons. The maximum absolute atomic E-state index is 12.4. The maximum Gasteiger partial charge on any atom is 0.234 e. The lowest BCUT2D eigenvalue weighted by atomic mass is 10.2. The number of halogens is 1. The third kappa shape index (κ3) is 5.29. The van der Waals surface area contributed by atoms with Crippen LogP contribution in [-0.2, 0) is 11.3 Å². The van der Waals surface area contributed by atoms with E-state index >= 15 is 0 Å². The molecular formula is C21H20ClN5O3S. The average Bonchev–Trinajstić information content (AvgIpc) is 3.20. The molecule has 0 aliphatic carbocycles. The van der Waals surface area contributed by atoms with Crippen LogP contribution >= 0.6 is 23.4 Å². The molecule has 0 saturated heterocycles. The minimum Gasteiger partial charge on any atom is -0.497 e. The van der Waals surface area contributed by atoms with Gasteiger partial charge in [0, 0.05) is 23.2 Å². The monoisotopic (exact) mass is 457 g/mol. The fraction of sp³-hybridized carbons (Fsp3) is 0.238. The Kier molecular flexibility index (Phi) is 7.39. The zero-order chi connectivity index (χ0) is 22.4. The highest BCUT2D eigenvalue weighted by atomic mass is 35.5. The normalized spacial score (nSPS) is 10.4. The standard InChI is InChI=1S/C21H20ClN5O3S/c1-4-27-20(14-7-16(29-2)10-17(8-14)30-3)25-26-21(27)31-12-19(28)24-18-9-15(22)6-5-13(18)11-23/h5-10H,4,12H2,1-3H3,(H,24,28). The number of anilines is 1. The molecule has 1 N–H and O–H groups in total. The van der Waals surface area contributed by atoms with E-state index in [0.29, 0.717) is 45.3 Å². The molecular weight excluding hydrogens is 438 g/mol. The van der Waals surface area contributed by atoms with Crippen molar-refractivity contribution in [2.45, 2.75) is 18.6 Å². The number of nitriles is 1. The third-order valence-corrected chi connectivity index (χ3v) is 5.55. The molecule has 2 aromatic carbocycles. The van der Waals surface area contributed by atoms with Crippen LogP contribution in [0.3, 0.4) is 0 Å². The van der Waals surface area contributed by atoms with Crippen molar-refractivity contribution < 1.29 is 14.3 Å².